The van der Waals surface area contributed by atoms with E-state index < -0.39 is 0 Å². The number of anilines is 1. The first kappa shape index (κ1) is 21.6. The van der Waals surface area contributed by atoms with Crippen LogP contribution in [-0.2, 0) is 10.2 Å². The molecule has 1 amide bonds. The number of carbonyl (C=O) groups is 1. The standard InChI is InChI=1S/C23H28N4O.HI/c1-16-7-3-5-9-19(16)23(11-12-23)15-26-22(24-2)25-14-17-13-21(28)27-20-10-6-4-8-18(17)20;/h3-10,17H,11-15H2,1-2H3,(H,27,28)(H2,24,25,26);1H. The Hall–Kier alpha value is -2.09. The summed E-state index contributed by atoms with van der Waals surface area (Å²) in [5, 5.41) is 9.89. The van der Waals surface area contributed by atoms with E-state index in [0.29, 0.717) is 13.0 Å². The van der Waals surface area contributed by atoms with Gasteiger partial charge >= 0.3 is 0 Å². The van der Waals surface area contributed by atoms with Gasteiger partial charge < -0.3 is 16.0 Å². The molecule has 2 aromatic carbocycles. The van der Waals surface area contributed by atoms with Crippen molar-refractivity contribution in [3.63, 3.8) is 0 Å². The first-order valence-electron chi connectivity index (χ1n) is 10.0. The summed E-state index contributed by atoms with van der Waals surface area (Å²) in [7, 11) is 1.80. The van der Waals surface area contributed by atoms with Crippen LogP contribution in [-0.4, -0.2) is 32.0 Å². The highest BCUT2D eigenvalue weighted by molar-refractivity contribution is 14.0. The minimum absolute atomic E-state index is 0. The van der Waals surface area contributed by atoms with E-state index in [2.05, 4.69) is 58.2 Å². The Kier molecular flexibility index (Phi) is 6.82. The molecule has 3 N–H and O–H groups in total. The van der Waals surface area contributed by atoms with Crippen LogP contribution in [0.25, 0.3) is 0 Å². The molecular weight excluding hydrogens is 475 g/mol. The molecule has 0 aromatic heterocycles. The number of halogens is 1. The van der Waals surface area contributed by atoms with E-state index in [0.717, 1.165) is 18.2 Å². The minimum Gasteiger partial charge on any atom is -0.356 e. The van der Waals surface area contributed by atoms with Crippen LogP contribution in [0.1, 0.15) is 41.9 Å². The van der Waals surface area contributed by atoms with Gasteiger partial charge in [-0.3, -0.25) is 9.79 Å². The molecule has 1 atom stereocenters. The molecule has 1 fully saturated rings. The summed E-state index contributed by atoms with van der Waals surface area (Å²) in [5.41, 5.74) is 5.12. The summed E-state index contributed by atoms with van der Waals surface area (Å²) >= 11 is 0. The number of nitrogens with one attached hydrogen (secondary N) is 3. The van der Waals surface area contributed by atoms with E-state index in [1.807, 2.05) is 18.2 Å². The summed E-state index contributed by atoms with van der Waals surface area (Å²) in [4.78, 5) is 16.4. The van der Waals surface area contributed by atoms with Gasteiger partial charge in [0.1, 0.15) is 0 Å². The Balaban J connectivity index is 0.00000240. The van der Waals surface area contributed by atoms with Crippen molar-refractivity contribution in [2.24, 2.45) is 4.99 Å². The molecule has 2 aliphatic rings. The topological polar surface area (TPSA) is 65.5 Å². The predicted molar refractivity (Wildman–Crippen MR) is 129 cm³/mol. The minimum atomic E-state index is 0. The molecule has 4 rings (SSSR count). The number of rotatable bonds is 5. The average Bonchev–Trinajstić information content (AvgIpc) is 3.49. The number of fused-ring (bicyclic) bond motifs is 1. The van der Waals surface area contributed by atoms with Gasteiger partial charge in [-0.2, -0.15) is 0 Å². The maximum atomic E-state index is 12.0. The molecule has 0 radical (unpaired) electrons. The zero-order valence-corrected chi connectivity index (χ0v) is 19.3. The van der Waals surface area contributed by atoms with Crippen molar-refractivity contribution in [3.05, 3.63) is 65.2 Å². The lowest BCUT2D eigenvalue weighted by molar-refractivity contribution is -0.116. The van der Waals surface area contributed by atoms with Crippen molar-refractivity contribution >= 4 is 41.5 Å². The molecule has 154 valence electrons. The number of hydrogen-bond donors (Lipinski definition) is 3. The van der Waals surface area contributed by atoms with Crippen LogP contribution in [0.15, 0.2) is 53.5 Å². The number of guanidine groups is 1. The maximum absolute atomic E-state index is 12.0. The zero-order chi connectivity index (χ0) is 19.6. The summed E-state index contributed by atoms with van der Waals surface area (Å²) in [6.07, 6.45) is 2.91. The summed E-state index contributed by atoms with van der Waals surface area (Å²) in [6.45, 7) is 3.74. The van der Waals surface area contributed by atoms with Crippen molar-refractivity contribution in [1.29, 1.82) is 0 Å². The van der Waals surface area contributed by atoms with Crippen molar-refractivity contribution in [2.75, 3.05) is 25.5 Å². The average molecular weight is 504 g/mol. The third-order valence-electron chi connectivity index (χ3n) is 6.01. The zero-order valence-electron chi connectivity index (χ0n) is 17.0. The largest absolute Gasteiger partial charge is 0.356 e. The number of hydrogen-bond acceptors (Lipinski definition) is 2. The van der Waals surface area contributed by atoms with Gasteiger partial charge in [0.15, 0.2) is 5.96 Å². The van der Waals surface area contributed by atoms with E-state index in [1.54, 1.807) is 7.05 Å². The number of carbonyl (C=O) groups excluding carboxylic acids is 1. The number of amides is 1. The second-order valence-corrected chi connectivity index (χ2v) is 7.94. The fourth-order valence-corrected chi connectivity index (χ4v) is 4.24. The molecule has 1 aliphatic carbocycles. The molecule has 2 aromatic rings. The van der Waals surface area contributed by atoms with Gasteiger partial charge in [0.25, 0.3) is 0 Å². The van der Waals surface area contributed by atoms with Crippen molar-refractivity contribution < 1.29 is 4.79 Å². The highest BCUT2D eigenvalue weighted by atomic mass is 127. The molecule has 0 spiro atoms. The Labute approximate surface area is 189 Å². The van der Waals surface area contributed by atoms with Crippen molar-refractivity contribution in [3.8, 4) is 0 Å². The van der Waals surface area contributed by atoms with Crippen LogP contribution >= 0.6 is 24.0 Å². The lowest BCUT2D eigenvalue weighted by atomic mass is 9.90. The number of nitrogens with zero attached hydrogens (tertiary/aromatic N) is 1. The van der Waals surface area contributed by atoms with Crippen LogP contribution < -0.4 is 16.0 Å². The van der Waals surface area contributed by atoms with Gasteiger partial charge in [-0.25, -0.2) is 0 Å². The lowest BCUT2D eigenvalue weighted by Gasteiger charge is -2.27. The van der Waals surface area contributed by atoms with Crippen molar-refractivity contribution in [1.82, 2.24) is 10.6 Å². The normalized spacial score (nSPS) is 19.4. The van der Waals surface area contributed by atoms with Crippen LogP contribution in [0.4, 0.5) is 5.69 Å². The summed E-state index contributed by atoms with van der Waals surface area (Å²) < 4.78 is 0. The van der Waals surface area contributed by atoms with E-state index in [9.17, 15) is 4.79 Å². The van der Waals surface area contributed by atoms with Gasteiger partial charge in [-0.05, 0) is 42.5 Å². The third-order valence-corrected chi connectivity index (χ3v) is 6.01. The van der Waals surface area contributed by atoms with Gasteiger partial charge in [0, 0.05) is 43.6 Å². The number of benzene rings is 2. The Morgan fingerprint density at radius 3 is 2.59 bits per heavy atom. The van der Waals surface area contributed by atoms with Crippen LogP contribution in [0.5, 0.6) is 0 Å². The monoisotopic (exact) mass is 504 g/mol. The van der Waals surface area contributed by atoms with Crippen LogP contribution in [0.2, 0.25) is 0 Å². The SMILES string of the molecule is CN=C(NCC1CC(=O)Nc2ccccc21)NCC1(c2ccccc2C)CC1.I. The second kappa shape index (κ2) is 9.15. The summed E-state index contributed by atoms with van der Waals surface area (Å²) in [5.74, 6) is 1.02. The van der Waals surface area contributed by atoms with Gasteiger partial charge in [0.2, 0.25) is 5.91 Å². The van der Waals surface area contributed by atoms with E-state index in [-0.39, 0.29) is 41.2 Å². The second-order valence-electron chi connectivity index (χ2n) is 7.94. The van der Waals surface area contributed by atoms with Crippen LogP contribution in [0.3, 0.4) is 0 Å². The van der Waals surface area contributed by atoms with Crippen LogP contribution in [0, 0.1) is 6.92 Å². The molecule has 0 bridgehead atoms. The first-order valence-corrected chi connectivity index (χ1v) is 10.0. The molecule has 1 heterocycles. The maximum Gasteiger partial charge on any atom is 0.225 e. The molecule has 0 saturated heterocycles. The molecule has 1 saturated carbocycles. The fraction of sp³-hybridized carbons (Fsp3) is 0.391. The number of aryl methyl sites for hydroxylation is 1. The van der Waals surface area contributed by atoms with Crippen molar-refractivity contribution in [2.45, 2.75) is 37.5 Å². The van der Waals surface area contributed by atoms with Gasteiger partial charge in [-0.15, -0.1) is 24.0 Å². The molecule has 5 nitrogen and oxygen atoms in total. The molecule has 1 aliphatic heterocycles. The third kappa shape index (κ3) is 4.74. The highest BCUT2D eigenvalue weighted by Gasteiger charge is 2.44. The number of para-hydroxylation sites is 1. The van der Waals surface area contributed by atoms with Gasteiger partial charge in [-0.1, -0.05) is 42.5 Å². The van der Waals surface area contributed by atoms with Gasteiger partial charge in [0.05, 0.1) is 0 Å². The first-order chi connectivity index (χ1) is 13.6. The Bertz CT molecular complexity index is 907. The number of aliphatic imine (C=N–C) groups is 1. The highest BCUT2D eigenvalue weighted by Crippen LogP contribution is 2.48. The summed E-state index contributed by atoms with van der Waals surface area (Å²) in [6, 6.07) is 16.7. The quantitative estimate of drug-likeness (QED) is 0.329. The van der Waals surface area contributed by atoms with E-state index >= 15 is 0 Å². The predicted octanol–water partition coefficient (Wildman–Crippen LogP) is 3.94. The lowest BCUT2D eigenvalue weighted by Crippen LogP contribution is -2.43. The molecular formula is C23H29IN4O. The Morgan fingerprint density at radius 2 is 1.86 bits per heavy atom. The Morgan fingerprint density at radius 1 is 1.14 bits per heavy atom. The smallest absolute Gasteiger partial charge is 0.225 e. The molecule has 29 heavy (non-hydrogen) atoms. The molecule has 6 heteroatoms. The fourth-order valence-electron chi connectivity index (χ4n) is 4.24. The van der Waals surface area contributed by atoms with E-state index in [1.165, 1.54) is 29.5 Å². The van der Waals surface area contributed by atoms with E-state index in [4.69, 9.17) is 0 Å². The molecule has 1 unspecified atom stereocenters.